The van der Waals surface area contributed by atoms with Crippen LogP contribution in [0, 0.1) is 6.92 Å². The molecule has 2 N–H and O–H groups in total. The number of hydrogen-bond acceptors (Lipinski definition) is 4. The van der Waals surface area contributed by atoms with E-state index in [1.54, 1.807) is 13.3 Å². The number of aromatic nitrogens is 1. The van der Waals surface area contributed by atoms with Gasteiger partial charge in [0.05, 0.1) is 13.3 Å². The summed E-state index contributed by atoms with van der Waals surface area (Å²) in [6.07, 6.45) is 1.61. The quantitative estimate of drug-likeness (QED) is 0.814. The van der Waals surface area contributed by atoms with E-state index in [9.17, 15) is 0 Å². The molecule has 15 heavy (non-hydrogen) atoms. The van der Waals surface area contributed by atoms with Crippen LogP contribution in [0.2, 0.25) is 0 Å². The first-order valence-electron chi connectivity index (χ1n) is 4.57. The second-order valence-electron chi connectivity index (χ2n) is 3.20. The zero-order valence-electron chi connectivity index (χ0n) is 8.65. The van der Waals surface area contributed by atoms with Gasteiger partial charge in [-0.25, -0.2) is 4.98 Å². The van der Waals surface area contributed by atoms with E-state index in [1.165, 1.54) is 0 Å². The average molecular weight is 204 g/mol. The van der Waals surface area contributed by atoms with E-state index in [4.69, 9.17) is 14.9 Å². The fourth-order valence-corrected chi connectivity index (χ4v) is 1.51. The molecule has 4 heteroatoms. The maximum Gasteiger partial charge on any atom is 0.292 e. The average Bonchev–Trinajstić information content (AvgIpc) is 2.65. The van der Waals surface area contributed by atoms with Gasteiger partial charge in [0.1, 0.15) is 5.75 Å². The second-order valence-corrected chi connectivity index (χ2v) is 3.20. The van der Waals surface area contributed by atoms with Crippen molar-refractivity contribution >= 4 is 6.01 Å². The first-order chi connectivity index (χ1) is 7.22. The van der Waals surface area contributed by atoms with Gasteiger partial charge in [-0.05, 0) is 13.0 Å². The summed E-state index contributed by atoms with van der Waals surface area (Å²) in [5.41, 5.74) is 7.38. The second kappa shape index (κ2) is 3.65. The molecule has 0 saturated heterocycles. The number of rotatable bonds is 2. The monoisotopic (exact) mass is 204 g/mol. The lowest BCUT2D eigenvalue weighted by Crippen LogP contribution is -1.89. The Labute approximate surface area is 87.7 Å². The molecular formula is C11H12N2O2. The molecule has 0 aliphatic heterocycles. The number of benzene rings is 1. The van der Waals surface area contributed by atoms with Crippen LogP contribution in [0.1, 0.15) is 5.56 Å². The third kappa shape index (κ3) is 1.66. The smallest absolute Gasteiger partial charge is 0.292 e. The highest BCUT2D eigenvalue weighted by atomic mass is 16.5. The van der Waals surface area contributed by atoms with Crippen LogP contribution >= 0.6 is 0 Å². The number of nitrogens with zero attached hydrogens (tertiary/aromatic N) is 1. The first-order valence-corrected chi connectivity index (χ1v) is 4.57. The molecule has 4 nitrogen and oxygen atoms in total. The van der Waals surface area contributed by atoms with E-state index in [0.29, 0.717) is 5.76 Å². The summed E-state index contributed by atoms with van der Waals surface area (Å²) in [5.74, 6) is 1.48. The highest BCUT2D eigenvalue weighted by Gasteiger charge is 2.09. The van der Waals surface area contributed by atoms with Gasteiger partial charge in [-0.15, -0.1) is 0 Å². The summed E-state index contributed by atoms with van der Waals surface area (Å²) >= 11 is 0. The molecule has 0 bridgehead atoms. The summed E-state index contributed by atoms with van der Waals surface area (Å²) < 4.78 is 10.5. The van der Waals surface area contributed by atoms with Gasteiger partial charge >= 0.3 is 0 Å². The number of nitrogens with two attached hydrogens (primary N) is 1. The third-order valence-electron chi connectivity index (χ3n) is 2.29. The maximum atomic E-state index is 5.43. The van der Waals surface area contributed by atoms with Gasteiger partial charge in [0.2, 0.25) is 0 Å². The lowest BCUT2D eigenvalue weighted by Gasteiger charge is -2.07. The van der Waals surface area contributed by atoms with Gasteiger partial charge in [0.25, 0.3) is 6.01 Å². The largest absolute Gasteiger partial charge is 0.496 e. The predicted molar refractivity (Wildman–Crippen MR) is 57.6 cm³/mol. The van der Waals surface area contributed by atoms with E-state index in [0.717, 1.165) is 16.9 Å². The molecule has 0 saturated carbocycles. The van der Waals surface area contributed by atoms with E-state index in [-0.39, 0.29) is 6.01 Å². The molecule has 0 aliphatic carbocycles. The fourth-order valence-electron chi connectivity index (χ4n) is 1.51. The lowest BCUT2D eigenvalue weighted by atomic mass is 10.1. The first kappa shape index (κ1) is 9.58. The van der Waals surface area contributed by atoms with Crippen LogP contribution in [0.4, 0.5) is 6.01 Å². The van der Waals surface area contributed by atoms with Crippen molar-refractivity contribution in [2.24, 2.45) is 0 Å². The topological polar surface area (TPSA) is 61.3 Å². The number of hydrogen-bond donors (Lipinski definition) is 1. The minimum Gasteiger partial charge on any atom is -0.496 e. The number of methoxy groups -OCH3 is 1. The van der Waals surface area contributed by atoms with Gasteiger partial charge in [-0.1, -0.05) is 12.1 Å². The molecule has 0 amide bonds. The van der Waals surface area contributed by atoms with Crippen molar-refractivity contribution in [2.45, 2.75) is 6.92 Å². The molecule has 1 aromatic heterocycles. The Hall–Kier alpha value is -1.97. The molecule has 0 aliphatic rings. The Morgan fingerprint density at radius 1 is 1.40 bits per heavy atom. The molecule has 1 heterocycles. The molecule has 2 aromatic rings. The van der Waals surface area contributed by atoms with Crippen molar-refractivity contribution in [3.05, 3.63) is 30.0 Å². The highest BCUT2D eigenvalue weighted by Crippen LogP contribution is 2.30. The zero-order valence-corrected chi connectivity index (χ0v) is 8.65. The normalized spacial score (nSPS) is 10.3. The van der Waals surface area contributed by atoms with E-state index in [1.807, 2.05) is 25.1 Å². The summed E-state index contributed by atoms with van der Waals surface area (Å²) in [5, 5.41) is 0. The SMILES string of the molecule is COc1cccc(-c2cnc(N)o2)c1C. The molecule has 0 radical (unpaired) electrons. The Balaban J connectivity index is 2.53. The summed E-state index contributed by atoms with van der Waals surface area (Å²) in [4.78, 5) is 3.86. The summed E-state index contributed by atoms with van der Waals surface area (Å²) in [6, 6.07) is 5.92. The fraction of sp³-hybridized carbons (Fsp3) is 0.182. The van der Waals surface area contributed by atoms with Crippen LogP contribution in [0.3, 0.4) is 0 Å². The molecule has 0 unspecified atom stereocenters. The molecule has 0 atom stereocenters. The van der Waals surface area contributed by atoms with Gasteiger partial charge in [-0.3, -0.25) is 0 Å². The third-order valence-corrected chi connectivity index (χ3v) is 2.29. The number of ether oxygens (including phenoxy) is 1. The van der Waals surface area contributed by atoms with E-state index < -0.39 is 0 Å². The minimum atomic E-state index is 0.173. The van der Waals surface area contributed by atoms with E-state index in [2.05, 4.69) is 4.98 Å². The highest BCUT2D eigenvalue weighted by molar-refractivity contribution is 5.65. The maximum absolute atomic E-state index is 5.43. The standard InChI is InChI=1S/C11H12N2O2/c1-7-8(4-3-5-9(7)14-2)10-6-13-11(12)15-10/h3-6H,1-2H3,(H2,12,13). The van der Waals surface area contributed by atoms with Crippen molar-refractivity contribution in [1.29, 1.82) is 0 Å². The Kier molecular flexibility index (Phi) is 2.33. The lowest BCUT2D eigenvalue weighted by molar-refractivity contribution is 0.411. The van der Waals surface area contributed by atoms with Crippen molar-refractivity contribution < 1.29 is 9.15 Å². The van der Waals surface area contributed by atoms with Gasteiger partial charge in [0, 0.05) is 11.1 Å². The minimum absolute atomic E-state index is 0.173. The molecule has 2 rings (SSSR count). The summed E-state index contributed by atoms with van der Waals surface area (Å²) in [7, 11) is 1.64. The van der Waals surface area contributed by atoms with Gasteiger partial charge < -0.3 is 14.9 Å². The number of nitrogen functional groups attached to an aromatic ring is 1. The molecule has 0 spiro atoms. The van der Waals surface area contributed by atoms with Crippen molar-refractivity contribution in [3.63, 3.8) is 0 Å². The molecule has 0 fully saturated rings. The van der Waals surface area contributed by atoms with Crippen molar-refractivity contribution in [3.8, 4) is 17.1 Å². The van der Waals surface area contributed by atoms with Gasteiger partial charge in [0.15, 0.2) is 5.76 Å². The molecule has 78 valence electrons. The Morgan fingerprint density at radius 3 is 2.80 bits per heavy atom. The number of oxazole rings is 1. The van der Waals surface area contributed by atoms with Crippen LogP contribution in [-0.2, 0) is 0 Å². The molecule has 1 aromatic carbocycles. The van der Waals surface area contributed by atoms with Crippen LogP contribution in [0.15, 0.2) is 28.8 Å². The van der Waals surface area contributed by atoms with Crippen LogP contribution in [0.5, 0.6) is 5.75 Å². The van der Waals surface area contributed by atoms with Crippen LogP contribution in [-0.4, -0.2) is 12.1 Å². The Morgan fingerprint density at radius 2 is 2.20 bits per heavy atom. The van der Waals surface area contributed by atoms with Gasteiger partial charge in [-0.2, -0.15) is 0 Å². The van der Waals surface area contributed by atoms with Crippen LogP contribution in [0.25, 0.3) is 11.3 Å². The Bertz CT molecular complexity index is 477. The van der Waals surface area contributed by atoms with Crippen molar-refractivity contribution in [2.75, 3.05) is 12.8 Å². The predicted octanol–water partition coefficient (Wildman–Crippen LogP) is 2.24. The van der Waals surface area contributed by atoms with E-state index >= 15 is 0 Å². The van der Waals surface area contributed by atoms with Crippen LogP contribution < -0.4 is 10.5 Å². The number of anilines is 1. The summed E-state index contributed by atoms with van der Waals surface area (Å²) in [6.45, 7) is 1.97. The van der Waals surface area contributed by atoms with Crippen molar-refractivity contribution in [1.82, 2.24) is 4.98 Å². The zero-order chi connectivity index (χ0) is 10.8. The molecular weight excluding hydrogens is 192 g/mol.